The number of carbonyl (C=O) groups excluding carboxylic acids is 1. The quantitative estimate of drug-likeness (QED) is 0.625. The van der Waals surface area contributed by atoms with E-state index in [4.69, 9.17) is 4.74 Å². The lowest BCUT2D eigenvalue weighted by Gasteiger charge is -2.05. The first-order valence-electron chi connectivity index (χ1n) is 5.48. The molecule has 0 fully saturated rings. The fourth-order valence-electron chi connectivity index (χ4n) is 1.11. The van der Waals surface area contributed by atoms with Crippen molar-refractivity contribution < 1.29 is 9.53 Å². The summed E-state index contributed by atoms with van der Waals surface area (Å²) in [5.41, 5.74) is 0. The number of hydrogen-bond acceptors (Lipinski definition) is 3. The highest BCUT2D eigenvalue weighted by Gasteiger charge is 2.04. The third-order valence-electron chi connectivity index (χ3n) is 1.96. The van der Waals surface area contributed by atoms with E-state index in [1.807, 2.05) is 6.92 Å². The average molecular weight is 230 g/mol. The van der Waals surface area contributed by atoms with Crippen molar-refractivity contribution >= 4 is 17.7 Å². The smallest absolute Gasteiger partial charge is 0.306 e. The first-order chi connectivity index (χ1) is 7.10. The zero-order chi connectivity index (χ0) is 11.7. The van der Waals surface area contributed by atoms with Gasteiger partial charge < -0.3 is 4.74 Å². The summed E-state index contributed by atoms with van der Waals surface area (Å²) in [6.45, 7) is 6.70. The zero-order valence-electron chi connectivity index (χ0n) is 10.2. The van der Waals surface area contributed by atoms with Gasteiger partial charge in [-0.2, -0.15) is 0 Å². The molecule has 0 saturated heterocycles. The van der Waals surface area contributed by atoms with Crippen LogP contribution in [-0.4, -0.2) is 18.8 Å². The summed E-state index contributed by atoms with van der Waals surface area (Å²) < 4.78 is 4.89. The second-order valence-electron chi connectivity index (χ2n) is 3.81. The van der Waals surface area contributed by atoms with Crippen molar-refractivity contribution in [2.24, 2.45) is 5.92 Å². The van der Waals surface area contributed by atoms with Gasteiger partial charge in [0.25, 0.3) is 0 Å². The molecule has 0 atom stereocenters. The standard InChI is InChI=1S/C12H22O2S/c1-5-14-12(13)9-8-11(15-4)7-6-10(2)3/h7,10H,5-6,8-9H2,1-4H3. The highest BCUT2D eigenvalue weighted by molar-refractivity contribution is 8.02. The Hall–Kier alpha value is -0.440. The summed E-state index contributed by atoms with van der Waals surface area (Å²) in [5, 5.41) is 0. The Morgan fingerprint density at radius 2 is 2.07 bits per heavy atom. The lowest BCUT2D eigenvalue weighted by Crippen LogP contribution is -2.03. The maximum Gasteiger partial charge on any atom is 0.306 e. The van der Waals surface area contributed by atoms with Gasteiger partial charge in [0.2, 0.25) is 0 Å². The first-order valence-corrected chi connectivity index (χ1v) is 6.71. The van der Waals surface area contributed by atoms with Crippen molar-refractivity contribution in [3.05, 3.63) is 11.0 Å². The SMILES string of the molecule is CCOC(=O)CCC(=CCC(C)C)SC. The molecule has 0 aromatic carbocycles. The molecule has 0 N–H and O–H groups in total. The van der Waals surface area contributed by atoms with Crippen LogP contribution in [0.2, 0.25) is 0 Å². The molecule has 0 radical (unpaired) electrons. The molecule has 0 aromatic rings. The van der Waals surface area contributed by atoms with Crippen LogP contribution < -0.4 is 0 Å². The molecule has 2 nitrogen and oxygen atoms in total. The minimum Gasteiger partial charge on any atom is -0.466 e. The molecule has 15 heavy (non-hydrogen) atoms. The van der Waals surface area contributed by atoms with Gasteiger partial charge in [-0.3, -0.25) is 4.79 Å². The fourth-order valence-corrected chi connectivity index (χ4v) is 1.68. The average Bonchev–Trinajstić information content (AvgIpc) is 2.18. The minimum absolute atomic E-state index is 0.0954. The van der Waals surface area contributed by atoms with Gasteiger partial charge in [-0.1, -0.05) is 19.9 Å². The lowest BCUT2D eigenvalue weighted by molar-refractivity contribution is -0.143. The van der Waals surface area contributed by atoms with Crippen LogP contribution in [0.5, 0.6) is 0 Å². The molecule has 88 valence electrons. The maximum atomic E-state index is 11.1. The molecule has 0 heterocycles. The summed E-state index contributed by atoms with van der Waals surface area (Å²) in [6.07, 6.45) is 6.68. The van der Waals surface area contributed by atoms with Gasteiger partial charge in [0.1, 0.15) is 0 Å². The van der Waals surface area contributed by atoms with Crippen molar-refractivity contribution in [2.75, 3.05) is 12.9 Å². The second kappa shape index (κ2) is 8.84. The third-order valence-corrected chi connectivity index (χ3v) is 2.86. The van der Waals surface area contributed by atoms with Crippen LogP contribution in [0.1, 0.15) is 40.0 Å². The Morgan fingerprint density at radius 3 is 2.53 bits per heavy atom. The Bertz CT molecular complexity index is 210. The van der Waals surface area contributed by atoms with Crippen molar-refractivity contribution in [1.29, 1.82) is 0 Å². The molecule has 0 rings (SSSR count). The van der Waals surface area contributed by atoms with E-state index in [1.54, 1.807) is 11.8 Å². The Kier molecular flexibility index (Phi) is 8.58. The monoisotopic (exact) mass is 230 g/mol. The van der Waals surface area contributed by atoms with Crippen LogP contribution in [0, 0.1) is 5.92 Å². The number of rotatable bonds is 7. The second-order valence-corrected chi connectivity index (χ2v) is 4.74. The molecule has 0 unspecified atom stereocenters. The predicted molar refractivity (Wildman–Crippen MR) is 66.9 cm³/mol. The van der Waals surface area contributed by atoms with Crippen LogP contribution >= 0.6 is 11.8 Å². The van der Waals surface area contributed by atoms with Crippen LogP contribution in [0.25, 0.3) is 0 Å². The molecule has 0 amide bonds. The molecule has 0 bridgehead atoms. The van der Waals surface area contributed by atoms with Gasteiger partial charge in [0.15, 0.2) is 0 Å². The van der Waals surface area contributed by atoms with E-state index in [9.17, 15) is 4.79 Å². The van der Waals surface area contributed by atoms with Crippen molar-refractivity contribution in [3.63, 3.8) is 0 Å². The van der Waals surface area contributed by atoms with E-state index >= 15 is 0 Å². The van der Waals surface area contributed by atoms with Gasteiger partial charge in [-0.25, -0.2) is 0 Å². The van der Waals surface area contributed by atoms with E-state index in [2.05, 4.69) is 26.2 Å². The number of esters is 1. The highest BCUT2D eigenvalue weighted by Crippen LogP contribution is 2.20. The number of allylic oxidation sites excluding steroid dienone is 2. The normalized spacial score (nSPS) is 11.9. The maximum absolute atomic E-state index is 11.1. The van der Waals surface area contributed by atoms with E-state index in [0.717, 1.165) is 12.8 Å². The molecular formula is C12H22O2S. The van der Waals surface area contributed by atoms with Crippen molar-refractivity contribution in [2.45, 2.75) is 40.0 Å². The van der Waals surface area contributed by atoms with Gasteiger partial charge in [0, 0.05) is 0 Å². The number of thioether (sulfide) groups is 1. The van der Waals surface area contributed by atoms with Crippen molar-refractivity contribution in [1.82, 2.24) is 0 Å². The number of ether oxygens (including phenoxy) is 1. The summed E-state index contributed by atoms with van der Waals surface area (Å²) in [6, 6.07) is 0. The molecule has 0 saturated carbocycles. The van der Waals surface area contributed by atoms with E-state index in [-0.39, 0.29) is 5.97 Å². The van der Waals surface area contributed by atoms with E-state index in [0.29, 0.717) is 18.9 Å². The topological polar surface area (TPSA) is 26.3 Å². The molecule has 0 aliphatic carbocycles. The van der Waals surface area contributed by atoms with E-state index in [1.165, 1.54) is 4.91 Å². The molecule has 0 aromatic heterocycles. The van der Waals surface area contributed by atoms with Crippen LogP contribution in [-0.2, 0) is 9.53 Å². The summed E-state index contributed by atoms with van der Waals surface area (Å²) >= 11 is 1.73. The molecule has 3 heteroatoms. The molecular weight excluding hydrogens is 208 g/mol. The summed E-state index contributed by atoms with van der Waals surface area (Å²) in [7, 11) is 0. The summed E-state index contributed by atoms with van der Waals surface area (Å²) in [4.78, 5) is 12.4. The molecule has 0 aliphatic rings. The number of carbonyl (C=O) groups is 1. The molecule has 0 aliphatic heterocycles. The zero-order valence-corrected chi connectivity index (χ0v) is 11.0. The van der Waals surface area contributed by atoms with Gasteiger partial charge in [-0.15, -0.1) is 11.8 Å². The third kappa shape index (κ3) is 8.55. The highest BCUT2D eigenvalue weighted by atomic mass is 32.2. The Morgan fingerprint density at radius 1 is 1.40 bits per heavy atom. The first kappa shape index (κ1) is 14.6. The van der Waals surface area contributed by atoms with Gasteiger partial charge >= 0.3 is 5.97 Å². The largest absolute Gasteiger partial charge is 0.466 e. The van der Waals surface area contributed by atoms with Gasteiger partial charge in [-0.05, 0) is 36.8 Å². The number of hydrogen-bond donors (Lipinski definition) is 0. The summed E-state index contributed by atoms with van der Waals surface area (Å²) in [5.74, 6) is 0.580. The van der Waals surface area contributed by atoms with Crippen LogP contribution in [0.3, 0.4) is 0 Å². The van der Waals surface area contributed by atoms with Gasteiger partial charge in [0.05, 0.1) is 13.0 Å². The minimum atomic E-state index is -0.0954. The van der Waals surface area contributed by atoms with Crippen LogP contribution in [0.4, 0.5) is 0 Å². The lowest BCUT2D eigenvalue weighted by atomic mass is 10.1. The molecule has 0 spiro atoms. The van der Waals surface area contributed by atoms with Crippen molar-refractivity contribution in [3.8, 4) is 0 Å². The fraction of sp³-hybridized carbons (Fsp3) is 0.750. The predicted octanol–water partition coefficient (Wildman–Crippen LogP) is 3.62. The Balaban J connectivity index is 3.89. The van der Waals surface area contributed by atoms with E-state index < -0.39 is 0 Å². The Labute approximate surface area is 97.5 Å². The van der Waals surface area contributed by atoms with Crippen LogP contribution in [0.15, 0.2) is 11.0 Å².